The van der Waals surface area contributed by atoms with Gasteiger partial charge in [-0.2, -0.15) is 0 Å². The van der Waals surface area contributed by atoms with Gasteiger partial charge in [0, 0.05) is 29.7 Å². The summed E-state index contributed by atoms with van der Waals surface area (Å²) < 4.78 is 5.07. The van der Waals surface area contributed by atoms with Crippen LogP contribution in [0.1, 0.15) is 39.3 Å². The summed E-state index contributed by atoms with van der Waals surface area (Å²) in [7, 11) is 0. The van der Waals surface area contributed by atoms with Crippen LogP contribution in [-0.2, 0) is 9.53 Å². The quantitative estimate of drug-likeness (QED) is 0.449. The van der Waals surface area contributed by atoms with E-state index >= 15 is 0 Å². The molecule has 2 heterocycles. The zero-order chi connectivity index (χ0) is 19.2. The van der Waals surface area contributed by atoms with Crippen LogP contribution >= 0.6 is 11.8 Å². The molecule has 1 N–H and O–H groups in total. The Labute approximate surface area is 162 Å². The van der Waals surface area contributed by atoms with E-state index in [1.165, 1.54) is 24.0 Å². The van der Waals surface area contributed by atoms with E-state index in [0.717, 1.165) is 36.4 Å². The molecule has 142 valence electrons. The number of Topliss-reactive ketones (excluding diaryl/α,β-unsaturated/α-hetero) is 1. The van der Waals surface area contributed by atoms with Crippen LogP contribution < -0.4 is 0 Å². The summed E-state index contributed by atoms with van der Waals surface area (Å²) in [5.41, 5.74) is 1.83. The van der Waals surface area contributed by atoms with Crippen molar-refractivity contribution in [3.05, 3.63) is 53.3 Å². The van der Waals surface area contributed by atoms with Crippen molar-refractivity contribution in [3.8, 4) is 0 Å². The number of hydrogen-bond donors (Lipinski definition) is 1. The van der Waals surface area contributed by atoms with Crippen LogP contribution in [0, 0.1) is 6.92 Å². The number of rotatable bonds is 7. The van der Waals surface area contributed by atoms with E-state index in [9.17, 15) is 14.4 Å². The lowest BCUT2D eigenvalue weighted by molar-refractivity contribution is -0.139. The minimum Gasteiger partial charge on any atom is -0.457 e. The molecule has 1 fully saturated rings. The molecule has 0 radical (unpaired) electrons. The molecule has 1 amide bonds. The molecule has 6 nitrogen and oxygen atoms in total. The monoisotopic (exact) mass is 386 g/mol. The van der Waals surface area contributed by atoms with Gasteiger partial charge < -0.3 is 14.6 Å². The Hall–Kier alpha value is -2.54. The van der Waals surface area contributed by atoms with Crippen LogP contribution in [0.4, 0.5) is 0 Å². The van der Waals surface area contributed by atoms with Gasteiger partial charge in [0.05, 0.1) is 5.75 Å². The Balaban J connectivity index is 1.47. The summed E-state index contributed by atoms with van der Waals surface area (Å²) in [6, 6.07) is 9.30. The number of hydrogen-bond acceptors (Lipinski definition) is 5. The molecule has 7 heteroatoms. The number of ether oxygens (including phenoxy) is 1. The van der Waals surface area contributed by atoms with Crippen LogP contribution in [0.3, 0.4) is 0 Å². The molecule has 0 unspecified atom stereocenters. The van der Waals surface area contributed by atoms with Gasteiger partial charge in [0.1, 0.15) is 5.69 Å². The molecule has 1 saturated heterocycles. The first-order valence-electron chi connectivity index (χ1n) is 8.89. The number of esters is 1. The fourth-order valence-electron chi connectivity index (χ4n) is 2.90. The molecule has 1 aliphatic heterocycles. The summed E-state index contributed by atoms with van der Waals surface area (Å²) in [4.78, 5) is 42.0. The number of likely N-dealkylation sites (tertiary alicyclic amines) is 1. The molecule has 0 atom stereocenters. The Morgan fingerprint density at radius 2 is 1.93 bits per heavy atom. The fraction of sp³-hybridized carbons (Fsp3) is 0.350. The van der Waals surface area contributed by atoms with E-state index < -0.39 is 5.97 Å². The average molecular weight is 386 g/mol. The standard InChI is InChI=1S/C20H22N2O4S/c1-14-6-2-3-7-18(14)27-13-19(24)26-12-17(23)15-10-16(21-11-15)20(25)22-8-4-5-9-22/h2-3,6-7,10-11,21H,4-5,8-9,12-13H2,1H3. The fourth-order valence-corrected chi connectivity index (χ4v) is 3.72. The maximum absolute atomic E-state index is 12.3. The first kappa shape index (κ1) is 19.2. The molecule has 0 spiro atoms. The average Bonchev–Trinajstić information content (AvgIpc) is 3.37. The highest BCUT2D eigenvalue weighted by Crippen LogP contribution is 2.21. The summed E-state index contributed by atoms with van der Waals surface area (Å²) in [5, 5.41) is 0. The first-order chi connectivity index (χ1) is 13.0. The van der Waals surface area contributed by atoms with Crippen molar-refractivity contribution >= 4 is 29.4 Å². The van der Waals surface area contributed by atoms with Gasteiger partial charge in [0.15, 0.2) is 6.61 Å². The molecule has 2 aromatic rings. The topological polar surface area (TPSA) is 79.5 Å². The molecular formula is C20H22N2O4S. The molecular weight excluding hydrogens is 364 g/mol. The van der Waals surface area contributed by atoms with E-state index in [2.05, 4.69) is 4.98 Å². The van der Waals surface area contributed by atoms with Gasteiger partial charge in [-0.25, -0.2) is 0 Å². The third-order valence-electron chi connectivity index (χ3n) is 4.43. The molecule has 3 rings (SSSR count). The molecule has 0 aliphatic carbocycles. The minimum atomic E-state index is -0.444. The van der Waals surface area contributed by atoms with Gasteiger partial charge >= 0.3 is 5.97 Å². The SMILES string of the molecule is Cc1ccccc1SCC(=O)OCC(=O)c1c[nH]c(C(=O)N2CCCC2)c1. The van der Waals surface area contributed by atoms with Crippen molar-refractivity contribution in [1.82, 2.24) is 9.88 Å². The third kappa shape index (κ3) is 5.01. The highest BCUT2D eigenvalue weighted by atomic mass is 32.2. The highest BCUT2D eigenvalue weighted by Gasteiger charge is 2.22. The first-order valence-corrected chi connectivity index (χ1v) is 9.88. The minimum absolute atomic E-state index is 0.0989. The van der Waals surface area contributed by atoms with Crippen LogP contribution in [0.25, 0.3) is 0 Å². The Bertz CT molecular complexity index is 840. The zero-order valence-corrected chi connectivity index (χ0v) is 16.0. The van der Waals surface area contributed by atoms with Crippen molar-refractivity contribution in [2.24, 2.45) is 0 Å². The normalized spacial score (nSPS) is 13.6. The number of carbonyl (C=O) groups is 3. The van der Waals surface area contributed by atoms with Crippen LogP contribution in [0.5, 0.6) is 0 Å². The Morgan fingerprint density at radius 3 is 2.67 bits per heavy atom. The highest BCUT2D eigenvalue weighted by molar-refractivity contribution is 8.00. The number of carbonyl (C=O) groups excluding carboxylic acids is 3. The second-order valence-electron chi connectivity index (χ2n) is 6.44. The van der Waals surface area contributed by atoms with E-state index in [4.69, 9.17) is 4.74 Å². The molecule has 1 aromatic heterocycles. The van der Waals surface area contributed by atoms with Crippen molar-refractivity contribution in [1.29, 1.82) is 0 Å². The molecule has 27 heavy (non-hydrogen) atoms. The Kier molecular flexibility index (Phi) is 6.34. The zero-order valence-electron chi connectivity index (χ0n) is 15.2. The lowest BCUT2D eigenvalue weighted by atomic mass is 10.2. The second kappa shape index (κ2) is 8.90. The number of nitrogens with one attached hydrogen (secondary N) is 1. The summed E-state index contributed by atoms with van der Waals surface area (Å²) in [6.07, 6.45) is 3.50. The number of benzene rings is 1. The van der Waals surface area contributed by atoms with Crippen molar-refractivity contribution in [2.45, 2.75) is 24.7 Å². The summed E-state index contributed by atoms with van der Waals surface area (Å²) >= 11 is 1.38. The number of ketones is 1. The van der Waals surface area contributed by atoms with Crippen molar-refractivity contribution < 1.29 is 19.1 Å². The summed E-state index contributed by atoms with van der Waals surface area (Å²) in [6.45, 7) is 3.14. The molecule has 1 aliphatic rings. The predicted octanol–water partition coefficient (Wildman–Crippen LogP) is 3.08. The number of aryl methyl sites for hydroxylation is 1. The van der Waals surface area contributed by atoms with Gasteiger partial charge in [-0.1, -0.05) is 18.2 Å². The number of H-pyrrole nitrogens is 1. The molecule has 0 bridgehead atoms. The molecule has 1 aromatic carbocycles. The predicted molar refractivity (Wildman–Crippen MR) is 103 cm³/mol. The van der Waals surface area contributed by atoms with E-state index in [0.29, 0.717) is 11.3 Å². The number of aromatic amines is 1. The smallest absolute Gasteiger partial charge is 0.316 e. The second-order valence-corrected chi connectivity index (χ2v) is 7.46. The number of thioether (sulfide) groups is 1. The van der Waals surface area contributed by atoms with Crippen LogP contribution in [0.2, 0.25) is 0 Å². The van der Waals surface area contributed by atoms with Gasteiger partial charge in [0.2, 0.25) is 5.78 Å². The lowest BCUT2D eigenvalue weighted by Crippen LogP contribution is -2.27. The van der Waals surface area contributed by atoms with E-state index in [1.54, 1.807) is 4.90 Å². The van der Waals surface area contributed by atoms with Crippen molar-refractivity contribution in [2.75, 3.05) is 25.4 Å². The maximum atomic E-state index is 12.3. The third-order valence-corrected chi connectivity index (χ3v) is 5.58. The van der Waals surface area contributed by atoms with Gasteiger partial charge in [-0.3, -0.25) is 14.4 Å². The van der Waals surface area contributed by atoms with Gasteiger partial charge in [-0.15, -0.1) is 11.8 Å². The largest absolute Gasteiger partial charge is 0.457 e. The van der Waals surface area contributed by atoms with Crippen LogP contribution in [-0.4, -0.2) is 53.0 Å². The van der Waals surface area contributed by atoms with Gasteiger partial charge in [-0.05, 0) is 37.5 Å². The van der Waals surface area contributed by atoms with Crippen molar-refractivity contribution in [3.63, 3.8) is 0 Å². The summed E-state index contributed by atoms with van der Waals surface area (Å²) in [5.74, 6) is -0.733. The van der Waals surface area contributed by atoms with E-state index in [1.807, 2.05) is 31.2 Å². The number of amides is 1. The number of aromatic nitrogens is 1. The van der Waals surface area contributed by atoms with E-state index in [-0.39, 0.29) is 24.1 Å². The maximum Gasteiger partial charge on any atom is 0.316 e. The lowest BCUT2D eigenvalue weighted by Gasteiger charge is -2.13. The van der Waals surface area contributed by atoms with Crippen LogP contribution in [0.15, 0.2) is 41.4 Å². The molecule has 0 saturated carbocycles. The Morgan fingerprint density at radius 1 is 1.19 bits per heavy atom. The van der Waals surface area contributed by atoms with Gasteiger partial charge in [0.25, 0.3) is 5.91 Å². The number of nitrogens with zero attached hydrogens (tertiary/aromatic N) is 1.